The van der Waals surface area contributed by atoms with E-state index in [0.717, 1.165) is 19.4 Å². The fourth-order valence-electron chi connectivity index (χ4n) is 0.902. The normalized spacial score (nSPS) is 11.5. The van der Waals surface area contributed by atoms with E-state index in [9.17, 15) is 18.0 Å². The van der Waals surface area contributed by atoms with Crippen LogP contribution in [-0.2, 0) is 11.0 Å². The molecule has 3 nitrogen and oxygen atoms in total. The van der Waals surface area contributed by atoms with Gasteiger partial charge in [0.15, 0.2) is 0 Å². The molecule has 0 saturated heterocycles. The number of carbonyl (C=O) groups excluding carboxylic acids is 1. The predicted octanol–water partition coefficient (Wildman–Crippen LogP) is 2.51. The summed E-state index contributed by atoms with van der Waals surface area (Å²) in [6, 6.07) is 1.04. The van der Waals surface area contributed by atoms with Crippen molar-refractivity contribution in [3.05, 3.63) is 22.4 Å². The summed E-state index contributed by atoms with van der Waals surface area (Å²) in [5.41, 5.74) is -0.563. The highest BCUT2D eigenvalue weighted by atomic mass is 79.9. The van der Waals surface area contributed by atoms with E-state index in [0.29, 0.717) is 0 Å². The van der Waals surface area contributed by atoms with Crippen molar-refractivity contribution in [1.29, 1.82) is 0 Å². The lowest BCUT2D eigenvalue weighted by atomic mass is 10.4. The fraction of sp³-hybridized carbons (Fsp3) is 0.286. The zero-order valence-electron chi connectivity index (χ0n) is 6.93. The number of hydrogen-bond donors (Lipinski definition) is 0. The lowest BCUT2D eigenvalue weighted by Crippen LogP contribution is -2.21. The van der Waals surface area contributed by atoms with Crippen molar-refractivity contribution in [3.63, 3.8) is 0 Å². The molecular weight excluding hydrogens is 267 g/mol. The lowest BCUT2D eigenvalue weighted by molar-refractivity contribution is -0.204. The molecular formula is C7H5BrF3NO2. The van der Waals surface area contributed by atoms with Crippen molar-refractivity contribution in [3.8, 4) is 0 Å². The highest BCUT2D eigenvalue weighted by Gasteiger charge is 2.34. The highest BCUT2D eigenvalue weighted by molar-refractivity contribution is 9.10. The topological polar surface area (TPSA) is 31.2 Å². The molecule has 1 rings (SSSR count). The van der Waals surface area contributed by atoms with E-state index in [2.05, 4.69) is 20.7 Å². The SMILES string of the molecule is COC(=O)c1cc(Br)cn1C(F)(F)F. The van der Waals surface area contributed by atoms with Crippen LogP contribution >= 0.6 is 15.9 Å². The van der Waals surface area contributed by atoms with Gasteiger partial charge in [0, 0.05) is 10.7 Å². The average Bonchev–Trinajstić information content (AvgIpc) is 2.45. The number of rotatable bonds is 1. The van der Waals surface area contributed by atoms with Crippen molar-refractivity contribution >= 4 is 21.9 Å². The first-order valence-electron chi connectivity index (χ1n) is 3.39. The Labute approximate surface area is 85.6 Å². The summed E-state index contributed by atoms with van der Waals surface area (Å²) < 4.78 is 41.1. The van der Waals surface area contributed by atoms with Crippen LogP contribution in [-0.4, -0.2) is 17.6 Å². The highest BCUT2D eigenvalue weighted by Crippen LogP contribution is 2.28. The van der Waals surface area contributed by atoms with Crippen LogP contribution in [0.4, 0.5) is 13.2 Å². The van der Waals surface area contributed by atoms with Crippen LogP contribution in [0.3, 0.4) is 0 Å². The van der Waals surface area contributed by atoms with E-state index in [4.69, 9.17) is 0 Å². The first kappa shape index (κ1) is 11.1. The van der Waals surface area contributed by atoms with Crippen molar-refractivity contribution in [1.82, 2.24) is 4.57 Å². The number of ether oxygens (including phenoxy) is 1. The van der Waals surface area contributed by atoms with E-state index >= 15 is 0 Å². The van der Waals surface area contributed by atoms with Crippen LogP contribution in [0.1, 0.15) is 10.5 Å². The number of methoxy groups -OCH3 is 1. The number of carbonyl (C=O) groups is 1. The molecule has 0 aromatic carbocycles. The third kappa shape index (κ3) is 2.09. The Morgan fingerprint density at radius 2 is 2.14 bits per heavy atom. The number of hydrogen-bond acceptors (Lipinski definition) is 2. The van der Waals surface area contributed by atoms with Crippen LogP contribution in [0.5, 0.6) is 0 Å². The third-order valence-electron chi connectivity index (χ3n) is 1.45. The van der Waals surface area contributed by atoms with Gasteiger partial charge in [0.25, 0.3) is 0 Å². The number of halogens is 4. The summed E-state index contributed by atoms with van der Waals surface area (Å²) in [6.45, 7) is 0. The molecule has 1 heterocycles. The van der Waals surface area contributed by atoms with E-state index < -0.39 is 18.0 Å². The Hall–Kier alpha value is -0.980. The van der Waals surface area contributed by atoms with Crippen molar-refractivity contribution < 1.29 is 22.7 Å². The van der Waals surface area contributed by atoms with Gasteiger partial charge in [-0.05, 0) is 22.0 Å². The van der Waals surface area contributed by atoms with E-state index in [1.54, 1.807) is 0 Å². The molecule has 0 radical (unpaired) electrons. The van der Waals surface area contributed by atoms with Gasteiger partial charge in [0.05, 0.1) is 7.11 Å². The zero-order chi connectivity index (χ0) is 10.9. The third-order valence-corrected chi connectivity index (χ3v) is 1.89. The summed E-state index contributed by atoms with van der Waals surface area (Å²) in [6.07, 6.45) is -3.87. The summed E-state index contributed by atoms with van der Waals surface area (Å²) in [5, 5.41) is 0. The molecule has 0 fully saturated rings. The Bertz CT molecular complexity index is 358. The Morgan fingerprint density at radius 1 is 1.57 bits per heavy atom. The van der Waals surface area contributed by atoms with Crippen LogP contribution in [0, 0.1) is 0 Å². The van der Waals surface area contributed by atoms with Gasteiger partial charge < -0.3 is 4.74 Å². The van der Waals surface area contributed by atoms with E-state index in [-0.39, 0.29) is 9.04 Å². The molecule has 1 aromatic rings. The smallest absolute Gasteiger partial charge is 0.464 e. The zero-order valence-corrected chi connectivity index (χ0v) is 8.52. The standard InChI is InChI=1S/C7H5BrF3NO2/c1-14-6(13)5-2-4(8)3-12(5)7(9,10)11/h2-3H,1H3. The quantitative estimate of drug-likeness (QED) is 0.735. The molecule has 0 N–H and O–H groups in total. The van der Waals surface area contributed by atoms with Gasteiger partial charge in [-0.25, -0.2) is 4.79 Å². The van der Waals surface area contributed by atoms with Gasteiger partial charge in [-0.2, -0.15) is 0 Å². The van der Waals surface area contributed by atoms with Crippen molar-refractivity contribution in [2.24, 2.45) is 0 Å². The van der Waals surface area contributed by atoms with Gasteiger partial charge in [0.2, 0.25) is 0 Å². The monoisotopic (exact) mass is 271 g/mol. The molecule has 0 amide bonds. The lowest BCUT2D eigenvalue weighted by Gasteiger charge is -2.10. The molecule has 1 aromatic heterocycles. The molecule has 0 aliphatic heterocycles. The first-order chi connectivity index (χ1) is 6.36. The van der Waals surface area contributed by atoms with Crippen LogP contribution in [0.15, 0.2) is 16.7 Å². The Kier molecular flexibility index (Phi) is 2.89. The summed E-state index contributed by atoms with van der Waals surface area (Å²) in [7, 11) is 1.02. The van der Waals surface area contributed by atoms with E-state index in [1.165, 1.54) is 0 Å². The second kappa shape index (κ2) is 3.64. The first-order valence-corrected chi connectivity index (χ1v) is 4.19. The second-order valence-electron chi connectivity index (χ2n) is 2.37. The second-order valence-corrected chi connectivity index (χ2v) is 3.29. The molecule has 0 aliphatic carbocycles. The minimum absolute atomic E-state index is 0.108. The van der Waals surface area contributed by atoms with Gasteiger partial charge in [0.1, 0.15) is 5.69 Å². The summed E-state index contributed by atoms with van der Waals surface area (Å²) in [5.74, 6) is -1.03. The molecule has 14 heavy (non-hydrogen) atoms. The molecule has 0 spiro atoms. The number of esters is 1. The predicted molar refractivity (Wildman–Crippen MR) is 44.8 cm³/mol. The number of aromatic nitrogens is 1. The van der Waals surface area contributed by atoms with Crippen LogP contribution < -0.4 is 0 Å². The molecule has 0 atom stereocenters. The van der Waals surface area contributed by atoms with Gasteiger partial charge >= 0.3 is 12.3 Å². The number of nitrogens with zero attached hydrogens (tertiary/aromatic N) is 1. The molecule has 7 heteroatoms. The summed E-state index contributed by atoms with van der Waals surface area (Å²) >= 11 is 2.84. The Morgan fingerprint density at radius 3 is 2.57 bits per heavy atom. The van der Waals surface area contributed by atoms with E-state index in [1.807, 2.05) is 0 Å². The average molecular weight is 272 g/mol. The molecule has 0 aliphatic rings. The largest absolute Gasteiger partial charge is 0.489 e. The fourth-order valence-corrected chi connectivity index (χ4v) is 1.32. The van der Waals surface area contributed by atoms with Crippen LogP contribution in [0.2, 0.25) is 0 Å². The van der Waals surface area contributed by atoms with Gasteiger partial charge in [-0.1, -0.05) is 0 Å². The molecule has 0 unspecified atom stereocenters. The van der Waals surface area contributed by atoms with Crippen molar-refractivity contribution in [2.45, 2.75) is 6.30 Å². The Balaban J connectivity index is 3.23. The molecule has 0 bridgehead atoms. The van der Waals surface area contributed by atoms with Gasteiger partial charge in [-0.15, -0.1) is 13.2 Å². The minimum atomic E-state index is -4.63. The maximum atomic E-state index is 12.3. The minimum Gasteiger partial charge on any atom is -0.464 e. The molecule has 0 saturated carbocycles. The van der Waals surface area contributed by atoms with Gasteiger partial charge in [-0.3, -0.25) is 4.57 Å². The molecule has 78 valence electrons. The maximum absolute atomic E-state index is 12.3. The summed E-state index contributed by atoms with van der Waals surface area (Å²) in [4.78, 5) is 10.9. The number of alkyl halides is 3. The maximum Gasteiger partial charge on any atom is 0.489 e. The van der Waals surface area contributed by atoms with Crippen LogP contribution in [0.25, 0.3) is 0 Å². The van der Waals surface area contributed by atoms with Crippen molar-refractivity contribution in [2.75, 3.05) is 7.11 Å².